The van der Waals surface area contributed by atoms with Gasteiger partial charge in [-0.25, -0.2) is 19.6 Å². The summed E-state index contributed by atoms with van der Waals surface area (Å²) in [6.07, 6.45) is 10.1. The zero-order chi connectivity index (χ0) is 41.3. The van der Waals surface area contributed by atoms with E-state index in [0.717, 1.165) is 133 Å². The van der Waals surface area contributed by atoms with E-state index in [-0.39, 0.29) is 35.7 Å². The fraction of sp³-hybridized carbons (Fsp3) is 0.478. The molecule has 4 fully saturated rings. The highest BCUT2D eigenvalue weighted by Crippen LogP contribution is 2.38. The quantitative estimate of drug-likeness (QED) is 0.110. The fourth-order valence-electron chi connectivity index (χ4n) is 10.3. The number of methoxy groups -OCH3 is 2. The summed E-state index contributed by atoms with van der Waals surface area (Å²) >= 11 is 0. The summed E-state index contributed by atoms with van der Waals surface area (Å²) in [6.45, 7) is 1.24. The van der Waals surface area contributed by atoms with E-state index >= 15 is 0 Å². The summed E-state index contributed by atoms with van der Waals surface area (Å²) in [5.41, 5.74) is 7.72. The van der Waals surface area contributed by atoms with Gasteiger partial charge in [0.05, 0.1) is 48.4 Å². The number of H-pyrrole nitrogens is 2. The Bertz CT molecular complexity index is 2210. The van der Waals surface area contributed by atoms with E-state index in [1.807, 2.05) is 21.9 Å². The largest absolute Gasteiger partial charge is 0.453 e. The molecule has 314 valence electrons. The van der Waals surface area contributed by atoms with Crippen molar-refractivity contribution in [2.45, 2.75) is 101 Å². The third-order valence-electron chi connectivity index (χ3n) is 13.4. The molecule has 2 aromatic heterocycles. The zero-order valence-electron chi connectivity index (χ0n) is 34.4. The summed E-state index contributed by atoms with van der Waals surface area (Å²) in [5.74, 6) is 1.62. The molecule has 60 heavy (non-hydrogen) atoms. The van der Waals surface area contributed by atoms with Crippen molar-refractivity contribution in [3.63, 3.8) is 0 Å². The van der Waals surface area contributed by atoms with E-state index in [0.29, 0.717) is 13.1 Å². The van der Waals surface area contributed by atoms with Crippen molar-refractivity contribution >= 4 is 46.1 Å². The molecule has 2 aliphatic carbocycles. The fourth-order valence-corrected chi connectivity index (χ4v) is 10.3. The number of aromatic amines is 2. The van der Waals surface area contributed by atoms with Crippen LogP contribution >= 0.6 is 0 Å². The molecule has 0 spiro atoms. The van der Waals surface area contributed by atoms with E-state index in [1.54, 1.807) is 0 Å². The van der Waals surface area contributed by atoms with Gasteiger partial charge in [-0.1, -0.05) is 62.1 Å². The van der Waals surface area contributed by atoms with Crippen LogP contribution in [-0.2, 0) is 19.1 Å². The monoisotopic (exact) mass is 814 g/mol. The van der Waals surface area contributed by atoms with Gasteiger partial charge in [0.25, 0.3) is 0 Å². The number of imidazole rings is 2. The molecule has 0 unspecified atom stereocenters. The highest BCUT2D eigenvalue weighted by Gasteiger charge is 2.42. The second-order valence-corrected chi connectivity index (χ2v) is 17.0. The maximum atomic E-state index is 14.0. The van der Waals surface area contributed by atoms with E-state index in [1.165, 1.54) is 14.2 Å². The zero-order valence-corrected chi connectivity index (χ0v) is 34.4. The van der Waals surface area contributed by atoms with E-state index in [9.17, 15) is 19.2 Å². The number of aromatic nitrogens is 4. The second-order valence-electron chi connectivity index (χ2n) is 17.0. The summed E-state index contributed by atoms with van der Waals surface area (Å²) < 4.78 is 9.77. The van der Waals surface area contributed by atoms with Crippen LogP contribution in [0.4, 0.5) is 9.59 Å². The number of nitrogens with one attached hydrogen (secondary N) is 4. The first-order valence-electron chi connectivity index (χ1n) is 21.7. The molecule has 5 aromatic rings. The molecule has 0 radical (unpaired) electrons. The van der Waals surface area contributed by atoms with E-state index < -0.39 is 24.3 Å². The van der Waals surface area contributed by atoms with Crippen LogP contribution in [0.5, 0.6) is 0 Å². The molecular formula is C46H54N8O6. The predicted octanol–water partition coefficient (Wildman–Crippen LogP) is 7.93. The van der Waals surface area contributed by atoms with Crippen LogP contribution in [0.3, 0.4) is 0 Å². The van der Waals surface area contributed by atoms with Gasteiger partial charge in [0.2, 0.25) is 11.8 Å². The van der Waals surface area contributed by atoms with Crippen LogP contribution < -0.4 is 10.6 Å². The van der Waals surface area contributed by atoms with Crippen molar-refractivity contribution in [1.82, 2.24) is 40.4 Å². The maximum Gasteiger partial charge on any atom is 0.407 e. The standard InChI is InChI=1S/C46H54N8O6/c1-59-45(57)51-39(29-9-3-4-10-29)43(55)53-23-7-13-37(53)41-47-33-21-19-31(25-35(33)49-41)27-15-17-28(18-16-27)32-20-22-34-36(26-32)50-42(48-34)38-14-8-24-54(38)44(56)40(52-46(58)60-2)30-11-5-6-12-30/h15-22,25-26,29-30,37-40H,3-14,23-24H2,1-2H3,(H,47,49)(H,48,50)(H,51,57)(H,52,58)/t37-,38-,39-,40-/m0/s1. The lowest BCUT2D eigenvalue weighted by molar-refractivity contribution is -0.136. The van der Waals surface area contributed by atoms with Crippen molar-refractivity contribution in [3.05, 3.63) is 72.3 Å². The van der Waals surface area contributed by atoms with Crippen LogP contribution in [0.1, 0.15) is 101 Å². The van der Waals surface area contributed by atoms with E-state index in [4.69, 9.17) is 19.4 Å². The molecular weight excluding hydrogens is 761 g/mol. The van der Waals surface area contributed by atoms with Crippen LogP contribution in [-0.4, -0.2) is 93.1 Å². The first-order chi connectivity index (χ1) is 29.3. The number of likely N-dealkylation sites (tertiary alicyclic amines) is 2. The Morgan fingerprint density at radius 1 is 0.567 bits per heavy atom. The number of ether oxygens (including phenoxy) is 2. The number of benzene rings is 3. The highest BCUT2D eigenvalue weighted by atomic mass is 16.5. The summed E-state index contributed by atoms with van der Waals surface area (Å²) in [5, 5.41) is 5.70. The van der Waals surface area contributed by atoms with Gasteiger partial charge in [0.15, 0.2) is 0 Å². The van der Waals surface area contributed by atoms with Gasteiger partial charge in [0.1, 0.15) is 23.7 Å². The molecule has 2 aliphatic heterocycles. The van der Waals surface area contributed by atoms with Gasteiger partial charge in [-0.15, -0.1) is 0 Å². The first-order valence-corrected chi connectivity index (χ1v) is 21.7. The minimum absolute atomic E-state index is 0.0607. The van der Waals surface area contributed by atoms with Gasteiger partial charge in [-0.2, -0.15) is 0 Å². The van der Waals surface area contributed by atoms with Crippen LogP contribution in [0, 0.1) is 11.8 Å². The molecule has 4 aliphatic rings. The number of hydrogen-bond donors (Lipinski definition) is 4. The van der Waals surface area contributed by atoms with Gasteiger partial charge >= 0.3 is 12.2 Å². The van der Waals surface area contributed by atoms with Crippen molar-refractivity contribution in [1.29, 1.82) is 0 Å². The molecule has 2 saturated heterocycles. The number of hydrogen-bond acceptors (Lipinski definition) is 8. The maximum absolute atomic E-state index is 14.0. The Morgan fingerprint density at radius 2 is 0.950 bits per heavy atom. The van der Waals surface area contributed by atoms with Gasteiger partial charge < -0.3 is 39.9 Å². The molecule has 4 amide bonds. The Hall–Kier alpha value is -5.92. The number of carbonyl (C=O) groups excluding carboxylic acids is 4. The van der Waals surface area contributed by atoms with Gasteiger partial charge in [-0.3, -0.25) is 9.59 Å². The number of amides is 4. The third-order valence-corrected chi connectivity index (χ3v) is 13.4. The van der Waals surface area contributed by atoms with E-state index in [2.05, 4.69) is 69.1 Å². The Balaban J connectivity index is 0.898. The Labute approximate surface area is 349 Å². The minimum Gasteiger partial charge on any atom is -0.453 e. The van der Waals surface area contributed by atoms with Gasteiger partial charge in [0, 0.05) is 13.1 Å². The lowest BCUT2D eigenvalue weighted by Gasteiger charge is -2.31. The van der Waals surface area contributed by atoms with Crippen molar-refractivity contribution in [2.24, 2.45) is 11.8 Å². The molecule has 4 heterocycles. The van der Waals surface area contributed by atoms with Crippen molar-refractivity contribution in [3.8, 4) is 22.3 Å². The Morgan fingerprint density at radius 3 is 1.33 bits per heavy atom. The molecule has 3 aromatic carbocycles. The minimum atomic E-state index is -0.600. The van der Waals surface area contributed by atoms with Crippen LogP contribution in [0.25, 0.3) is 44.3 Å². The predicted molar refractivity (Wildman–Crippen MR) is 227 cm³/mol. The lowest BCUT2D eigenvalue weighted by Crippen LogP contribution is -2.51. The van der Waals surface area contributed by atoms with Crippen molar-refractivity contribution in [2.75, 3.05) is 27.3 Å². The topological polar surface area (TPSA) is 175 Å². The average Bonchev–Trinajstić information content (AvgIpc) is 4.13. The molecule has 0 bridgehead atoms. The summed E-state index contributed by atoms with van der Waals surface area (Å²) in [7, 11) is 2.66. The number of carbonyl (C=O) groups is 4. The normalized spacial score (nSPS) is 20.8. The SMILES string of the molecule is COC(=O)N[C@H](C(=O)N1CCC[C@H]1c1nc2ccc(-c3ccc(-c4ccc5nc([C@@H]6CCCN6C(=O)[C@@H](NC(=O)OC)C6CCCC6)[nH]c5c4)cc3)cc2[nH]1)C1CCCC1. The smallest absolute Gasteiger partial charge is 0.407 e. The highest BCUT2D eigenvalue weighted by molar-refractivity contribution is 5.89. The lowest BCUT2D eigenvalue weighted by atomic mass is 9.96. The first kappa shape index (κ1) is 39.5. The number of alkyl carbamates (subject to hydrolysis) is 2. The van der Waals surface area contributed by atoms with Crippen LogP contribution in [0.2, 0.25) is 0 Å². The Kier molecular flexibility index (Phi) is 11.2. The number of rotatable bonds is 10. The second kappa shape index (κ2) is 17.0. The average molecular weight is 815 g/mol. The summed E-state index contributed by atoms with van der Waals surface area (Å²) in [4.78, 5) is 73.2. The molecule has 2 saturated carbocycles. The molecule has 9 rings (SSSR count). The molecule has 4 atom stereocenters. The third kappa shape index (κ3) is 7.79. The molecule has 4 N–H and O–H groups in total. The number of nitrogens with zero attached hydrogens (tertiary/aromatic N) is 4. The van der Waals surface area contributed by atoms with Gasteiger partial charge in [-0.05, 0) is 110 Å². The number of fused-ring (bicyclic) bond motifs is 2. The van der Waals surface area contributed by atoms with Crippen molar-refractivity contribution < 1.29 is 28.7 Å². The summed E-state index contributed by atoms with van der Waals surface area (Å²) in [6, 6.07) is 19.3. The molecule has 14 heteroatoms. The van der Waals surface area contributed by atoms with Crippen LogP contribution in [0.15, 0.2) is 60.7 Å². The molecule has 14 nitrogen and oxygen atoms in total.